The zero-order valence-electron chi connectivity index (χ0n) is 8.54. The summed E-state index contributed by atoms with van der Waals surface area (Å²) in [5, 5.41) is 10.4. The molecule has 12 heavy (non-hydrogen) atoms. The molecular formula is C9H19N3. The summed E-state index contributed by atoms with van der Waals surface area (Å²) in [5.74, 6) is 0.660. The van der Waals surface area contributed by atoms with E-state index in [1.54, 1.807) is 0 Å². The smallest absolute Gasteiger partial charge is 0.0869 e. The van der Waals surface area contributed by atoms with E-state index in [1.165, 1.54) is 6.42 Å². The molecule has 0 radical (unpaired) electrons. The summed E-state index contributed by atoms with van der Waals surface area (Å²) >= 11 is 0. The highest BCUT2D eigenvalue weighted by Gasteiger charge is 2.38. The van der Waals surface area contributed by atoms with Crippen molar-refractivity contribution in [1.29, 1.82) is 0 Å². The monoisotopic (exact) mass is 169 g/mol. The molecule has 1 rings (SSSR count). The number of hydrogen-bond donors (Lipinski definition) is 0. The first kappa shape index (κ1) is 9.49. The zero-order valence-corrected chi connectivity index (χ0v) is 8.54. The number of rotatable bonds is 3. The van der Waals surface area contributed by atoms with Gasteiger partial charge in [0, 0.05) is 6.54 Å². The average molecular weight is 169 g/mol. The Hall–Kier alpha value is -0.600. The summed E-state index contributed by atoms with van der Waals surface area (Å²) in [5.41, 5.74) is 0.170. The minimum Gasteiger partial charge on any atom is -0.271 e. The van der Waals surface area contributed by atoms with Crippen LogP contribution >= 0.6 is 0 Å². The third-order valence-electron chi connectivity index (χ3n) is 3.13. The number of hydrogen-bond acceptors (Lipinski definition) is 3. The van der Waals surface area contributed by atoms with Crippen LogP contribution in [0.5, 0.6) is 0 Å². The lowest BCUT2D eigenvalue weighted by atomic mass is 9.85. The fourth-order valence-electron chi connectivity index (χ4n) is 1.71. The SMILES string of the molecule is CCC(C)C1(C)CN=NN1CC. The van der Waals surface area contributed by atoms with Gasteiger partial charge in [-0.25, -0.2) is 0 Å². The van der Waals surface area contributed by atoms with E-state index < -0.39 is 0 Å². The van der Waals surface area contributed by atoms with E-state index in [-0.39, 0.29) is 5.54 Å². The van der Waals surface area contributed by atoms with Gasteiger partial charge in [-0.1, -0.05) is 25.5 Å². The van der Waals surface area contributed by atoms with Crippen LogP contribution < -0.4 is 0 Å². The lowest BCUT2D eigenvalue weighted by Crippen LogP contribution is -2.47. The van der Waals surface area contributed by atoms with Crippen LogP contribution in [0.25, 0.3) is 0 Å². The highest BCUT2D eigenvalue weighted by Crippen LogP contribution is 2.31. The fraction of sp³-hybridized carbons (Fsp3) is 1.00. The van der Waals surface area contributed by atoms with Gasteiger partial charge in [-0.15, -0.1) is 0 Å². The van der Waals surface area contributed by atoms with Crippen LogP contribution in [0.2, 0.25) is 0 Å². The lowest BCUT2D eigenvalue weighted by Gasteiger charge is -2.36. The molecule has 0 aromatic rings. The van der Waals surface area contributed by atoms with Gasteiger partial charge in [0.2, 0.25) is 0 Å². The molecule has 0 fully saturated rings. The van der Waals surface area contributed by atoms with E-state index in [0.717, 1.165) is 13.1 Å². The van der Waals surface area contributed by atoms with Crippen LogP contribution in [0, 0.1) is 5.92 Å². The van der Waals surface area contributed by atoms with Crippen LogP contribution in [-0.4, -0.2) is 23.6 Å². The van der Waals surface area contributed by atoms with Gasteiger partial charge in [-0.2, -0.15) is 5.11 Å². The summed E-state index contributed by atoms with van der Waals surface area (Å²) in [4.78, 5) is 0. The highest BCUT2D eigenvalue weighted by atomic mass is 15.6. The zero-order chi connectivity index (χ0) is 9.19. The van der Waals surface area contributed by atoms with Crippen molar-refractivity contribution in [3.8, 4) is 0 Å². The second kappa shape index (κ2) is 3.42. The normalized spacial score (nSPS) is 31.2. The maximum Gasteiger partial charge on any atom is 0.0869 e. The Balaban J connectivity index is 2.70. The predicted octanol–water partition coefficient (Wildman–Crippen LogP) is 2.49. The lowest BCUT2D eigenvalue weighted by molar-refractivity contribution is 0.0937. The van der Waals surface area contributed by atoms with Gasteiger partial charge in [0.1, 0.15) is 0 Å². The molecule has 0 bridgehead atoms. The molecule has 1 aliphatic heterocycles. The van der Waals surface area contributed by atoms with Crippen LogP contribution in [0.15, 0.2) is 10.3 Å². The molecule has 0 amide bonds. The fourth-order valence-corrected chi connectivity index (χ4v) is 1.71. The molecule has 3 nitrogen and oxygen atoms in total. The summed E-state index contributed by atoms with van der Waals surface area (Å²) < 4.78 is 0. The van der Waals surface area contributed by atoms with Crippen molar-refractivity contribution in [1.82, 2.24) is 5.01 Å². The Bertz CT molecular complexity index is 179. The first-order chi connectivity index (χ1) is 5.65. The highest BCUT2D eigenvalue weighted by molar-refractivity contribution is 4.92. The van der Waals surface area contributed by atoms with Gasteiger partial charge in [-0.3, -0.25) is 5.01 Å². The maximum absolute atomic E-state index is 4.13. The first-order valence-corrected chi connectivity index (χ1v) is 4.80. The van der Waals surface area contributed by atoms with Crippen molar-refractivity contribution in [2.45, 2.75) is 39.7 Å². The Morgan fingerprint density at radius 2 is 2.17 bits per heavy atom. The average Bonchev–Trinajstić information content (AvgIpc) is 2.46. The molecule has 1 heterocycles. The van der Waals surface area contributed by atoms with Crippen LogP contribution in [0.1, 0.15) is 34.1 Å². The van der Waals surface area contributed by atoms with Crippen molar-refractivity contribution in [3.05, 3.63) is 0 Å². The largest absolute Gasteiger partial charge is 0.271 e. The van der Waals surface area contributed by atoms with E-state index in [9.17, 15) is 0 Å². The topological polar surface area (TPSA) is 28.0 Å². The minimum absolute atomic E-state index is 0.170. The van der Waals surface area contributed by atoms with Crippen LogP contribution in [-0.2, 0) is 0 Å². The summed E-state index contributed by atoms with van der Waals surface area (Å²) in [6.45, 7) is 10.7. The van der Waals surface area contributed by atoms with E-state index in [4.69, 9.17) is 0 Å². The van der Waals surface area contributed by atoms with Gasteiger partial charge in [-0.05, 0) is 19.8 Å². The molecule has 70 valence electrons. The van der Waals surface area contributed by atoms with E-state index in [2.05, 4.69) is 43.0 Å². The molecule has 2 atom stereocenters. The molecule has 0 aliphatic carbocycles. The van der Waals surface area contributed by atoms with Gasteiger partial charge in [0.05, 0.1) is 12.1 Å². The second-order valence-corrected chi connectivity index (χ2v) is 3.77. The second-order valence-electron chi connectivity index (χ2n) is 3.77. The third-order valence-corrected chi connectivity index (χ3v) is 3.13. The Kier molecular flexibility index (Phi) is 2.70. The molecule has 1 aliphatic rings. The number of nitrogens with zero attached hydrogens (tertiary/aromatic N) is 3. The molecule has 0 saturated carbocycles. The van der Waals surface area contributed by atoms with Gasteiger partial charge < -0.3 is 0 Å². The predicted molar refractivity (Wildman–Crippen MR) is 50.0 cm³/mol. The van der Waals surface area contributed by atoms with Gasteiger partial charge in [0.15, 0.2) is 0 Å². The minimum atomic E-state index is 0.170. The molecule has 3 heteroatoms. The molecule has 0 N–H and O–H groups in total. The molecule has 2 unspecified atom stereocenters. The maximum atomic E-state index is 4.13. The quantitative estimate of drug-likeness (QED) is 0.638. The Morgan fingerprint density at radius 1 is 1.50 bits per heavy atom. The van der Waals surface area contributed by atoms with Crippen LogP contribution in [0.4, 0.5) is 0 Å². The molecule has 0 aromatic heterocycles. The number of likely N-dealkylation sites (N-methyl/N-ethyl adjacent to an activating group) is 1. The van der Waals surface area contributed by atoms with E-state index >= 15 is 0 Å². The van der Waals surface area contributed by atoms with Crippen molar-refractivity contribution >= 4 is 0 Å². The Morgan fingerprint density at radius 3 is 2.67 bits per heavy atom. The van der Waals surface area contributed by atoms with Crippen molar-refractivity contribution < 1.29 is 0 Å². The molecule has 0 saturated heterocycles. The van der Waals surface area contributed by atoms with Gasteiger partial charge >= 0.3 is 0 Å². The summed E-state index contributed by atoms with van der Waals surface area (Å²) in [6, 6.07) is 0. The van der Waals surface area contributed by atoms with Gasteiger partial charge in [0.25, 0.3) is 0 Å². The van der Waals surface area contributed by atoms with E-state index in [1.807, 2.05) is 0 Å². The third kappa shape index (κ3) is 1.32. The van der Waals surface area contributed by atoms with Crippen molar-refractivity contribution in [3.63, 3.8) is 0 Å². The standard InChI is InChI=1S/C9H19N3/c1-5-8(3)9(4)7-10-11-12(9)6-2/h8H,5-7H2,1-4H3. The molecule has 0 aromatic carbocycles. The summed E-state index contributed by atoms with van der Waals surface area (Å²) in [6.07, 6.45) is 1.19. The first-order valence-electron chi connectivity index (χ1n) is 4.80. The van der Waals surface area contributed by atoms with Crippen molar-refractivity contribution in [2.24, 2.45) is 16.3 Å². The van der Waals surface area contributed by atoms with E-state index in [0.29, 0.717) is 5.92 Å². The Labute approximate surface area is 74.8 Å². The van der Waals surface area contributed by atoms with Crippen molar-refractivity contribution in [2.75, 3.05) is 13.1 Å². The molecular weight excluding hydrogens is 150 g/mol. The van der Waals surface area contributed by atoms with Crippen LogP contribution in [0.3, 0.4) is 0 Å². The summed E-state index contributed by atoms with van der Waals surface area (Å²) in [7, 11) is 0. The molecule has 0 spiro atoms.